The van der Waals surface area contributed by atoms with Crippen LogP contribution in [-0.4, -0.2) is 29.2 Å². The average Bonchev–Trinajstić information content (AvgIpc) is 2.35. The highest BCUT2D eigenvalue weighted by molar-refractivity contribution is 5.38. The van der Waals surface area contributed by atoms with Crippen molar-refractivity contribution >= 4 is 5.82 Å². The van der Waals surface area contributed by atoms with Crippen LogP contribution in [0, 0.1) is 5.92 Å². The van der Waals surface area contributed by atoms with Gasteiger partial charge in [-0.2, -0.15) is 0 Å². The Morgan fingerprint density at radius 1 is 1.39 bits per heavy atom. The Morgan fingerprint density at radius 2 is 2.17 bits per heavy atom. The molecule has 1 unspecified atom stereocenters. The van der Waals surface area contributed by atoms with E-state index in [2.05, 4.69) is 36.1 Å². The van der Waals surface area contributed by atoms with Crippen molar-refractivity contribution in [1.29, 1.82) is 0 Å². The summed E-state index contributed by atoms with van der Waals surface area (Å²) in [6, 6.07) is 2.05. The third kappa shape index (κ3) is 5.31. The molecule has 1 aromatic heterocycles. The second-order valence-corrected chi connectivity index (χ2v) is 4.80. The van der Waals surface area contributed by atoms with Crippen LogP contribution < -0.4 is 15.8 Å². The Labute approximate surface area is 109 Å². The lowest BCUT2D eigenvalue weighted by molar-refractivity contribution is 0.305. The smallest absolute Gasteiger partial charge is 0.218 e. The van der Waals surface area contributed by atoms with Crippen molar-refractivity contribution in [3.05, 3.63) is 12.4 Å². The second-order valence-electron chi connectivity index (χ2n) is 4.80. The first-order valence-electron chi connectivity index (χ1n) is 6.57. The maximum Gasteiger partial charge on any atom is 0.218 e. The molecule has 0 saturated carbocycles. The predicted molar refractivity (Wildman–Crippen MR) is 73.7 cm³/mol. The average molecular weight is 252 g/mol. The van der Waals surface area contributed by atoms with Crippen molar-refractivity contribution in [3.8, 4) is 5.88 Å². The lowest BCUT2D eigenvalue weighted by atomic mass is 10.0. The maximum atomic E-state index is 5.75. The number of hydrogen-bond donors (Lipinski definition) is 2. The zero-order valence-electron chi connectivity index (χ0n) is 11.5. The summed E-state index contributed by atoms with van der Waals surface area (Å²) in [7, 11) is 0. The number of hydrogen-bond acceptors (Lipinski definition) is 5. The molecule has 5 nitrogen and oxygen atoms in total. The van der Waals surface area contributed by atoms with Crippen LogP contribution in [0.1, 0.15) is 33.6 Å². The first-order chi connectivity index (χ1) is 8.65. The molecule has 1 rings (SSSR count). The molecule has 1 heterocycles. The third-order valence-electron chi connectivity index (χ3n) is 2.49. The molecule has 0 aliphatic heterocycles. The topological polar surface area (TPSA) is 73.1 Å². The van der Waals surface area contributed by atoms with Crippen LogP contribution in [0.2, 0.25) is 0 Å². The number of nitrogens with two attached hydrogens (primary N) is 1. The van der Waals surface area contributed by atoms with Crippen LogP contribution in [-0.2, 0) is 0 Å². The molecule has 1 aromatic rings. The highest BCUT2D eigenvalue weighted by Crippen LogP contribution is 2.14. The van der Waals surface area contributed by atoms with Gasteiger partial charge in [0, 0.05) is 18.7 Å². The number of aromatic nitrogens is 2. The van der Waals surface area contributed by atoms with Gasteiger partial charge in [0.05, 0.1) is 6.61 Å². The van der Waals surface area contributed by atoms with E-state index in [0.29, 0.717) is 24.9 Å². The fraction of sp³-hybridized carbons (Fsp3) is 0.692. The molecule has 0 spiro atoms. The van der Waals surface area contributed by atoms with Crippen molar-refractivity contribution in [2.24, 2.45) is 11.7 Å². The molecular formula is C13H24N4O. The molecule has 0 bridgehead atoms. The summed E-state index contributed by atoms with van der Waals surface area (Å²) in [5, 5.41) is 3.32. The number of anilines is 1. The van der Waals surface area contributed by atoms with Gasteiger partial charge < -0.3 is 15.8 Å². The van der Waals surface area contributed by atoms with E-state index < -0.39 is 0 Å². The van der Waals surface area contributed by atoms with E-state index in [1.165, 1.54) is 6.33 Å². The van der Waals surface area contributed by atoms with Gasteiger partial charge in [-0.15, -0.1) is 0 Å². The van der Waals surface area contributed by atoms with Crippen LogP contribution in [0.25, 0.3) is 0 Å². The first-order valence-corrected chi connectivity index (χ1v) is 6.57. The molecule has 3 N–H and O–H groups in total. The van der Waals surface area contributed by atoms with Gasteiger partial charge >= 0.3 is 0 Å². The summed E-state index contributed by atoms with van der Waals surface area (Å²) in [5.41, 5.74) is 5.75. The van der Waals surface area contributed by atoms with Gasteiger partial charge in [-0.3, -0.25) is 0 Å². The van der Waals surface area contributed by atoms with Gasteiger partial charge in [-0.25, -0.2) is 9.97 Å². The maximum absolute atomic E-state index is 5.75. The van der Waals surface area contributed by atoms with Gasteiger partial charge in [-0.1, -0.05) is 20.8 Å². The molecule has 0 radical (unpaired) electrons. The fourth-order valence-corrected chi connectivity index (χ4v) is 1.70. The monoisotopic (exact) mass is 252 g/mol. The minimum atomic E-state index is 0.235. The van der Waals surface area contributed by atoms with Crippen LogP contribution in [0.3, 0.4) is 0 Å². The van der Waals surface area contributed by atoms with Crippen molar-refractivity contribution in [1.82, 2.24) is 9.97 Å². The Kier molecular flexibility index (Phi) is 6.43. The molecule has 0 amide bonds. The largest absolute Gasteiger partial charge is 0.478 e. The predicted octanol–water partition coefficient (Wildman–Crippen LogP) is 2.05. The summed E-state index contributed by atoms with van der Waals surface area (Å²) < 4.78 is 5.47. The van der Waals surface area contributed by atoms with E-state index in [9.17, 15) is 0 Å². The van der Waals surface area contributed by atoms with Crippen LogP contribution in [0.5, 0.6) is 5.88 Å². The summed E-state index contributed by atoms with van der Waals surface area (Å²) in [5.74, 6) is 1.98. The number of ether oxygens (including phenoxy) is 1. The molecule has 0 aliphatic rings. The van der Waals surface area contributed by atoms with Gasteiger partial charge in [0.15, 0.2) is 0 Å². The molecule has 1 atom stereocenters. The summed E-state index contributed by atoms with van der Waals surface area (Å²) in [6.45, 7) is 7.68. The Morgan fingerprint density at radius 3 is 2.78 bits per heavy atom. The Hall–Kier alpha value is -1.36. The molecule has 18 heavy (non-hydrogen) atoms. The SMILES string of the molecule is CCCOc1cc(NC(CN)CC(C)C)ncn1. The summed E-state index contributed by atoms with van der Waals surface area (Å²) in [4.78, 5) is 8.25. The summed E-state index contributed by atoms with van der Waals surface area (Å²) in [6.07, 6.45) is 3.49. The van der Waals surface area contributed by atoms with Crippen molar-refractivity contribution in [3.63, 3.8) is 0 Å². The van der Waals surface area contributed by atoms with Crippen LogP contribution in [0.4, 0.5) is 5.82 Å². The van der Waals surface area contributed by atoms with Crippen molar-refractivity contribution < 1.29 is 4.74 Å². The quantitative estimate of drug-likeness (QED) is 0.740. The molecule has 0 saturated heterocycles. The van der Waals surface area contributed by atoms with E-state index in [-0.39, 0.29) is 6.04 Å². The normalized spacial score (nSPS) is 12.5. The van der Waals surface area contributed by atoms with Crippen molar-refractivity contribution in [2.45, 2.75) is 39.7 Å². The van der Waals surface area contributed by atoms with E-state index in [0.717, 1.165) is 18.7 Å². The van der Waals surface area contributed by atoms with E-state index >= 15 is 0 Å². The Bertz CT molecular complexity index is 344. The van der Waals surface area contributed by atoms with Gasteiger partial charge in [0.1, 0.15) is 12.1 Å². The third-order valence-corrected chi connectivity index (χ3v) is 2.49. The lowest BCUT2D eigenvalue weighted by Crippen LogP contribution is -2.30. The zero-order valence-corrected chi connectivity index (χ0v) is 11.5. The van der Waals surface area contributed by atoms with Crippen LogP contribution in [0.15, 0.2) is 12.4 Å². The van der Waals surface area contributed by atoms with Crippen molar-refractivity contribution in [2.75, 3.05) is 18.5 Å². The highest BCUT2D eigenvalue weighted by atomic mass is 16.5. The standard InChI is InChI=1S/C13H24N4O/c1-4-5-18-13-7-12(15-9-16-13)17-11(8-14)6-10(2)3/h7,9-11H,4-6,8,14H2,1-3H3,(H,15,16,17). The summed E-state index contributed by atoms with van der Waals surface area (Å²) >= 11 is 0. The minimum Gasteiger partial charge on any atom is -0.478 e. The second kappa shape index (κ2) is 7.87. The zero-order chi connectivity index (χ0) is 13.4. The first kappa shape index (κ1) is 14.7. The number of nitrogens with zero attached hydrogens (tertiary/aromatic N) is 2. The minimum absolute atomic E-state index is 0.235. The van der Waals surface area contributed by atoms with Gasteiger partial charge in [0.2, 0.25) is 5.88 Å². The number of nitrogens with one attached hydrogen (secondary N) is 1. The molecule has 0 aromatic carbocycles. The molecule has 102 valence electrons. The Balaban J connectivity index is 2.59. The molecule has 5 heteroatoms. The lowest BCUT2D eigenvalue weighted by Gasteiger charge is -2.19. The number of rotatable bonds is 8. The van der Waals surface area contributed by atoms with E-state index in [4.69, 9.17) is 10.5 Å². The fourth-order valence-electron chi connectivity index (χ4n) is 1.70. The molecule has 0 fully saturated rings. The van der Waals surface area contributed by atoms with Crippen LogP contribution >= 0.6 is 0 Å². The van der Waals surface area contributed by atoms with E-state index in [1.54, 1.807) is 0 Å². The highest BCUT2D eigenvalue weighted by Gasteiger charge is 2.10. The molecule has 0 aliphatic carbocycles. The van der Waals surface area contributed by atoms with E-state index in [1.807, 2.05) is 6.07 Å². The van der Waals surface area contributed by atoms with Gasteiger partial charge in [0.25, 0.3) is 0 Å². The molecular weight excluding hydrogens is 228 g/mol. The van der Waals surface area contributed by atoms with Gasteiger partial charge in [-0.05, 0) is 18.8 Å².